The molecule has 1 N–H and O–H groups in total. The summed E-state index contributed by atoms with van der Waals surface area (Å²) in [6.07, 6.45) is 0.185. The monoisotopic (exact) mass is 492 g/mol. The van der Waals surface area contributed by atoms with E-state index in [1.165, 1.54) is 0 Å². The van der Waals surface area contributed by atoms with Crippen LogP contribution < -0.4 is 15.1 Å². The molecule has 0 atom stereocenters. The molecule has 0 saturated heterocycles. The number of aryl methyl sites for hydroxylation is 1. The molecule has 1 heterocycles. The number of fused-ring (bicyclic) bond motifs is 4. The van der Waals surface area contributed by atoms with Crippen LogP contribution in [0.5, 0.6) is 5.75 Å². The van der Waals surface area contributed by atoms with Gasteiger partial charge in [0.15, 0.2) is 5.75 Å². The number of hydroxylamine groups is 1. The van der Waals surface area contributed by atoms with E-state index in [4.69, 9.17) is 9.02 Å². The van der Waals surface area contributed by atoms with Crippen LogP contribution in [0.15, 0.2) is 66.1 Å². The third-order valence-corrected chi connectivity index (χ3v) is 7.18. The number of hydrogen-bond acceptors (Lipinski definition) is 8. The first-order valence-corrected chi connectivity index (χ1v) is 12.9. The molecule has 0 radical (unpaired) electrons. The molecule has 1 aliphatic carbocycles. The molecule has 0 aromatic heterocycles. The van der Waals surface area contributed by atoms with Crippen molar-refractivity contribution in [1.82, 2.24) is 5.48 Å². The Hall–Kier alpha value is -3.53. The predicted octanol–water partition coefficient (Wildman–Crippen LogP) is 3.90. The molecule has 5 rings (SSSR count). The first-order chi connectivity index (χ1) is 16.8. The maximum atomic E-state index is 13.3. The lowest BCUT2D eigenvalue weighted by atomic mass is 10.1. The maximum absolute atomic E-state index is 13.3. The molecule has 3 aromatic carbocycles. The van der Waals surface area contributed by atoms with Crippen LogP contribution in [0.4, 0.5) is 5.69 Å². The van der Waals surface area contributed by atoms with Crippen LogP contribution in [0.3, 0.4) is 0 Å². The van der Waals surface area contributed by atoms with E-state index >= 15 is 0 Å². The molecule has 1 aliphatic heterocycles. The highest BCUT2D eigenvalue weighted by Gasteiger charge is 2.41. The van der Waals surface area contributed by atoms with Crippen molar-refractivity contribution in [2.24, 2.45) is 0 Å². The van der Waals surface area contributed by atoms with Crippen molar-refractivity contribution in [3.63, 3.8) is 0 Å². The van der Waals surface area contributed by atoms with E-state index < -0.39 is 21.7 Å². The highest BCUT2D eigenvalue weighted by molar-refractivity contribution is 7.86. The van der Waals surface area contributed by atoms with E-state index in [1.807, 2.05) is 37.3 Å². The van der Waals surface area contributed by atoms with E-state index in [1.54, 1.807) is 36.1 Å². The molecule has 0 spiro atoms. The quantitative estimate of drug-likeness (QED) is 0.301. The molecule has 0 unspecified atom stereocenters. The summed E-state index contributed by atoms with van der Waals surface area (Å²) in [5.74, 6) is -0.407. The van der Waals surface area contributed by atoms with Crippen molar-refractivity contribution < 1.29 is 27.0 Å². The van der Waals surface area contributed by atoms with Gasteiger partial charge in [-0.3, -0.25) is 9.59 Å². The third kappa shape index (κ3) is 4.12. The average molecular weight is 493 g/mol. The van der Waals surface area contributed by atoms with Crippen molar-refractivity contribution in [2.45, 2.75) is 20.3 Å². The van der Waals surface area contributed by atoms with E-state index in [9.17, 15) is 18.0 Å². The van der Waals surface area contributed by atoms with Crippen LogP contribution in [-0.2, 0) is 14.4 Å². The molecule has 8 nitrogen and oxygen atoms in total. The first-order valence-electron chi connectivity index (χ1n) is 11.4. The van der Waals surface area contributed by atoms with Gasteiger partial charge < -0.3 is 9.64 Å². The molecule has 180 valence electrons. The zero-order chi connectivity index (χ0) is 24.7. The number of rotatable bonds is 7. The third-order valence-electron chi connectivity index (χ3n) is 6.02. The van der Waals surface area contributed by atoms with Crippen LogP contribution >= 0.6 is 0 Å². The zero-order valence-electron chi connectivity index (χ0n) is 19.3. The van der Waals surface area contributed by atoms with Crippen molar-refractivity contribution in [3.05, 3.63) is 82.7 Å². The van der Waals surface area contributed by atoms with Gasteiger partial charge in [-0.2, -0.15) is 18.2 Å². The van der Waals surface area contributed by atoms with E-state index in [2.05, 4.69) is 5.48 Å². The molecular weight excluding hydrogens is 468 g/mol. The Bertz CT molecular complexity index is 1510. The Morgan fingerprint density at radius 3 is 2.57 bits per heavy atom. The number of ketones is 2. The van der Waals surface area contributed by atoms with Crippen LogP contribution in [0.1, 0.15) is 39.6 Å². The minimum absolute atomic E-state index is 0.0439. The number of benzene rings is 3. The molecule has 0 fully saturated rings. The number of nitrogens with one attached hydrogen (secondary N) is 1. The zero-order valence-corrected chi connectivity index (χ0v) is 20.1. The Kier molecular flexibility index (Phi) is 5.92. The smallest absolute Gasteiger partial charge is 0.283 e. The number of carbonyl (C=O) groups is 2. The number of hydrogen-bond donors (Lipinski definition) is 1. The van der Waals surface area contributed by atoms with Gasteiger partial charge in [-0.25, -0.2) is 0 Å². The van der Waals surface area contributed by atoms with E-state index in [0.717, 1.165) is 16.3 Å². The Labute approximate surface area is 203 Å². The fourth-order valence-corrected chi connectivity index (χ4v) is 5.32. The average Bonchev–Trinajstić information content (AvgIpc) is 3.32. The summed E-state index contributed by atoms with van der Waals surface area (Å²) in [6, 6.07) is 16.6. The Morgan fingerprint density at radius 1 is 1.00 bits per heavy atom. The Morgan fingerprint density at radius 2 is 1.77 bits per heavy atom. The minimum Gasteiger partial charge on any atom is -0.438 e. The van der Waals surface area contributed by atoms with E-state index in [-0.39, 0.29) is 30.2 Å². The molecule has 9 heteroatoms. The van der Waals surface area contributed by atoms with Gasteiger partial charge in [-0.1, -0.05) is 55.0 Å². The summed E-state index contributed by atoms with van der Waals surface area (Å²) in [4.78, 5) is 28.4. The molecule has 0 amide bonds. The van der Waals surface area contributed by atoms with Crippen molar-refractivity contribution >= 4 is 38.1 Å². The summed E-state index contributed by atoms with van der Waals surface area (Å²) >= 11 is 0. The van der Waals surface area contributed by atoms with Gasteiger partial charge in [0.05, 0.1) is 11.4 Å². The standard InChI is InChI=1S/C26H24N2O6S/c1-3-27-34-35(31,32)14-6-13-28-23-18-8-5-4-7-17(18)10-12-21(23)33-26(28)22-24(29)19-11-9-16(2)15-20(19)25(22)30/h4-5,7-12,15,27H,3,6,13-14H2,1-2H3/b26-22+. The molecule has 35 heavy (non-hydrogen) atoms. The summed E-state index contributed by atoms with van der Waals surface area (Å²) < 4.78 is 35.3. The summed E-state index contributed by atoms with van der Waals surface area (Å²) in [7, 11) is -3.79. The largest absolute Gasteiger partial charge is 0.438 e. The normalized spacial score (nSPS) is 17.1. The Balaban J connectivity index is 1.58. The van der Waals surface area contributed by atoms with Crippen LogP contribution in [0, 0.1) is 6.92 Å². The van der Waals surface area contributed by atoms with Gasteiger partial charge in [0.1, 0.15) is 5.57 Å². The number of ether oxygens (including phenoxy) is 1. The summed E-state index contributed by atoms with van der Waals surface area (Å²) in [5, 5.41) is 1.83. The van der Waals surface area contributed by atoms with Gasteiger partial charge in [-0.05, 0) is 30.9 Å². The highest BCUT2D eigenvalue weighted by atomic mass is 32.2. The molecule has 0 saturated carbocycles. The van der Waals surface area contributed by atoms with Crippen molar-refractivity contribution in [2.75, 3.05) is 23.7 Å². The number of anilines is 1. The predicted molar refractivity (Wildman–Crippen MR) is 132 cm³/mol. The fraction of sp³-hybridized carbons (Fsp3) is 0.231. The van der Waals surface area contributed by atoms with Gasteiger partial charge >= 0.3 is 0 Å². The second-order valence-corrected chi connectivity index (χ2v) is 10.2. The summed E-state index contributed by atoms with van der Waals surface area (Å²) in [5.41, 5.74) is 4.58. The number of carbonyl (C=O) groups excluding carboxylic acids is 2. The van der Waals surface area contributed by atoms with Gasteiger partial charge in [0.2, 0.25) is 17.4 Å². The molecule has 0 bridgehead atoms. The van der Waals surface area contributed by atoms with Gasteiger partial charge in [0, 0.05) is 29.6 Å². The fourth-order valence-electron chi connectivity index (χ4n) is 4.46. The lowest BCUT2D eigenvalue weighted by Crippen LogP contribution is -2.28. The maximum Gasteiger partial charge on any atom is 0.283 e. The lowest BCUT2D eigenvalue weighted by molar-refractivity contribution is 0.0981. The van der Waals surface area contributed by atoms with Crippen molar-refractivity contribution in [1.29, 1.82) is 0 Å². The number of Topliss-reactive ketones (excluding diaryl/α,β-unsaturated/α-hetero) is 2. The lowest BCUT2D eigenvalue weighted by Gasteiger charge is -2.20. The SMILES string of the molecule is CCNOS(=O)(=O)CCCN1/C(=C2/C(=O)c3ccc(C)cc3C2=O)Oc2ccc3ccccc3c21. The minimum atomic E-state index is -3.79. The van der Waals surface area contributed by atoms with Crippen molar-refractivity contribution in [3.8, 4) is 5.75 Å². The van der Waals surface area contributed by atoms with Crippen LogP contribution in [0.25, 0.3) is 10.8 Å². The molecular formula is C26H24N2O6S. The van der Waals surface area contributed by atoms with Crippen LogP contribution in [0.2, 0.25) is 0 Å². The molecule has 2 aliphatic rings. The number of nitrogens with zero attached hydrogens (tertiary/aromatic N) is 1. The van der Waals surface area contributed by atoms with Gasteiger partial charge in [0.25, 0.3) is 10.1 Å². The van der Waals surface area contributed by atoms with Crippen LogP contribution in [-0.4, -0.2) is 38.8 Å². The van der Waals surface area contributed by atoms with E-state index in [0.29, 0.717) is 29.1 Å². The first kappa shape index (κ1) is 23.2. The molecule has 3 aromatic rings. The second kappa shape index (κ2) is 8.92. The number of allylic oxidation sites excluding steroid dienone is 1. The topological polar surface area (TPSA) is 102 Å². The van der Waals surface area contributed by atoms with Gasteiger partial charge in [-0.15, -0.1) is 0 Å². The second-order valence-electron chi connectivity index (χ2n) is 8.47. The highest BCUT2D eigenvalue weighted by Crippen LogP contribution is 2.46. The summed E-state index contributed by atoms with van der Waals surface area (Å²) in [6.45, 7) is 4.13.